The molecule has 4 aromatic rings. The summed E-state index contributed by atoms with van der Waals surface area (Å²) in [5.74, 6) is 1.74. The fourth-order valence-corrected chi connectivity index (χ4v) is 3.81. The van der Waals surface area contributed by atoms with Gasteiger partial charge in [-0.05, 0) is 54.8 Å². The highest BCUT2D eigenvalue weighted by atomic mass is 35.5. The topological polar surface area (TPSA) is 56.8 Å². The number of amides is 1. The minimum Gasteiger partial charge on any atom is -0.495 e. The van der Waals surface area contributed by atoms with Gasteiger partial charge in [-0.3, -0.25) is 4.79 Å². The molecule has 0 heterocycles. The summed E-state index contributed by atoms with van der Waals surface area (Å²) in [5.41, 5.74) is 1.85. The van der Waals surface area contributed by atoms with Crippen molar-refractivity contribution in [1.82, 2.24) is 0 Å². The molecule has 0 aromatic heterocycles. The summed E-state index contributed by atoms with van der Waals surface area (Å²) in [6.45, 7) is 2.69. The van der Waals surface area contributed by atoms with Crippen molar-refractivity contribution >= 4 is 34.0 Å². The first-order valence-corrected chi connectivity index (χ1v) is 11.0. The quantitative estimate of drug-likeness (QED) is 0.316. The number of nitrogens with one attached hydrogen (secondary N) is 1. The zero-order valence-electron chi connectivity index (χ0n) is 18.4. The molecule has 0 aliphatic carbocycles. The van der Waals surface area contributed by atoms with Gasteiger partial charge in [0.1, 0.15) is 23.9 Å². The minimum absolute atomic E-state index is 0.259. The fraction of sp³-hybridized carbons (Fsp3) is 0.148. The Bertz CT molecular complexity index is 1280. The van der Waals surface area contributed by atoms with Crippen LogP contribution >= 0.6 is 11.6 Å². The maximum Gasteiger partial charge on any atom is 0.255 e. The third kappa shape index (κ3) is 5.21. The second-order valence-corrected chi connectivity index (χ2v) is 7.73. The van der Waals surface area contributed by atoms with Crippen molar-refractivity contribution in [3.63, 3.8) is 0 Å². The van der Waals surface area contributed by atoms with Crippen molar-refractivity contribution in [1.29, 1.82) is 0 Å². The number of anilines is 1. The Morgan fingerprint density at radius 2 is 1.67 bits per heavy atom. The van der Waals surface area contributed by atoms with Crippen molar-refractivity contribution in [3.05, 3.63) is 95.0 Å². The van der Waals surface area contributed by atoms with Crippen molar-refractivity contribution in [2.75, 3.05) is 19.0 Å². The number of fused-ring (bicyclic) bond motifs is 1. The molecule has 0 spiro atoms. The summed E-state index contributed by atoms with van der Waals surface area (Å²) in [6, 6.07) is 24.4. The molecule has 4 rings (SSSR count). The van der Waals surface area contributed by atoms with Gasteiger partial charge < -0.3 is 19.5 Å². The van der Waals surface area contributed by atoms with Crippen LogP contribution < -0.4 is 19.5 Å². The Balaban J connectivity index is 1.56. The summed E-state index contributed by atoms with van der Waals surface area (Å²) in [6.07, 6.45) is 0. The monoisotopic (exact) mass is 461 g/mol. The predicted molar refractivity (Wildman–Crippen MR) is 132 cm³/mol. The normalized spacial score (nSPS) is 10.6. The van der Waals surface area contributed by atoms with Crippen LogP contribution in [0.15, 0.2) is 78.9 Å². The molecule has 0 atom stereocenters. The molecule has 6 heteroatoms. The molecule has 168 valence electrons. The van der Waals surface area contributed by atoms with Crippen LogP contribution in [0.2, 0.25) is 5.02 Å². The summed E-state index contributed by atoms with van der Waals surface area (Å²) < 4.78 is 17.1. The number of carbonyl (C=O) groups is 1. The van der Waals surface area contributed by atoms with Crippen LogP contribution in [0.25, 0.3) is 10.8 Å². The van der Waals surface area contributed by atoms with Gasteiger partial charge in [0.15, 0.2) is 0 Å². The summed E-state index contributed by atoms with van der Waals surface area (Å²) >= 11 is 6.17. The second-order valence-electron chi connectivity index (χ2n) is 7.32. The Kier molecular flexibility index (Phi) is 7.01. The van der Waals surface area contributed by atoms with Gasteiger partial charge in [-0.1, -0.05) is 48.0 Å². The molecule has 0 aliphatic heterocycles. The van der Waals surface area contributed by atoms with Crippen molar-refractivity contribution in [3.8, 4) is 17.2 Å². The zero-order valence-corrected chi connectivity index (χ0v) is 19.2. The molecule has 1 amide bonds. The molecule has 0 unspecified atom stereocenters. The first-order valence-electron chi connectivity index (χ1n) is 10.6. The Hall–Kier alpha value is -3.70. The van der Waals surface area contributed by atoms with E-state index < -0.39 is 0 Å². The van der Waals surface area contributed by atoms with E-state index in [4.69, 9.17) is 25.8 Å². The number of hydrogen-bond acceptors (Lipinski definition) is 4. The van der Waals surface area contributed by atoms with Crippen LogP contribution in [0.1, 0.15) is 22.8 Å². The standard InChI is InChI=1S/C27H24ClNO4/c1-3-32-24-13-11-19(27(30)29-21-12-14-26(31-2)23(28)16-21)15-20(24)17-33-25-10-6-8-18-7-4-5-9-22(18)25/h4-16H,3,17H2,1-2H3,(H,29,30). The molecule has 0 radical (unpaired) electrons. The Morgan fingerprint density at radius 3 is 2.45 bits per heavy atom. The van der Waals surface area contributed by atoms with Gasteiger partial charge in [-0.15, -0.1) is 0 Å². The SMILES string of the molecule is CCOc1ccc(C(=O)Nc2ccc(OC)c(Cl)c2)cc1COc1cccc2ccccc12. The van der Waals surface area contributed by atoms with E-state index in [9.17, 15) is 4.79 Å². The molecule has 0 saturated heterocycles. The molecule has 0 aliphatic rings. The van der Waals surface area contributed by atoms with E-state index >= 15 is 0 Å². The van der Waals surface area contributed by atoms with Crippen LogP contribution in [0, 0.1) is 0 Å². The van der Waals surface area contributed by atoms with E-state index in [1.807, 2.05) is 49.4 Å². The van der Waals surface area contributed by atoms with Gasteiger partial charge in [0.05, 0.1) is 18.7 Å². The lowest BCUT2D eigenvalue weighted by molar-refractivity contribution is 0.102. The number of halogens is 1. The van der Waals surface area contributed by atoms with Crippen molar-refractivity contribution in [2.45, 2.75) is 13.5 Å². The highest BCUT2D eigenvalue weighted by molar-refractivity contribution is 6.32. The largest absolute Gasteiger partial charge is 0.495 e. The van der Waals surface area contributed by atoms with Gasteiger partial charge in [0, 0.05) is 22.2 Å². The van der Waals surface area contributed by atoms with Gasteiger partial charge >= 0.3 is 0 Å². The number of hydrogen-bond donors (Lipinski definition) is 1. The maximum absolute atomic E-state index is 12.9. The number of benzene rings is 4. The molecular weight excluding hydrogens is 438 g/mol. The van der Waals surface area contributed by atoms with E-state index in [0.29, 0.717) is 34.4 Å². The number of ether oxygens (including phenoxy) is 3. The van der Waals surface area contributed by atoms with Gasteiger partial charge in [-0.25, -0.2) is 0 Å². The molecule has 0 fully saturated rings. The average Bonchev–Trinajstić information content (AvgIpc) is 2.83. The van der Waals surface area contributed by atoms with E-state index in [-0.39, 0.29) is 12.5 Å². The third-order valence-electron chi connectivity index (χ3n) is 5.16. The number of rotatable bonds is 8. The lowest BCUT2D eigenvalue weighted by Crippen LogP contribution is -2.13. The first-order chi connectivity index (χ1) is 16.1. The predicted octanol–water partition coefficient (Wildman–Crippen LogP) is 6.73. The summed E-state index contributed by atoms with van der Waals surface area (Å²) in [7, 11) is 1.54. The lowest BCUT2D eigenvalue weighted by Gasteiger charge is -2.15. The number of carbonyl (C=O) groups excluding carboxylic acids is 1. The Morgan fingerprint density at radius 1 is 0.879 bits per heavy atom. The van der Waals surface area contributed by atoms with Gasteiger partial charge in [0.2, 0.25) is 0 Å². The molecule has 1 N–H and O–H groups in total. The molecule has 4 aromatic carbocycles. The Labute approximate surface area is 197 Å². The van der Waals surface area contributed by atoms with Crippen molar-refractivity contribution in [2.24, 2.45) is 0 Å². The number of methoxy groups -OCH3 is 1. The van der Waals surface area contributed by atoms with E-state index in [2.05, 4.69) is 5.32 Å². The summed E-state index contributed by atoms with van der Waals surface area (Å²) in [4.78, 5) is 12.9. The third-order valence-corrected chi connectivity index (χ3v) is 5.46. The maximum atomic E-state index is 12.9. The first kappa shape index (κ1) is 22.5. The highest BCUT2D eigenvalue weighted by Gasteiger charge is 2.13. The molecular formula is C27H24ClNO4. The molecule has 0 bridgehead atoms. The van der Waals surface area contributed by atoms with Crippen LogP contribution in [-0.2, 0) is 6.61 Å². The van der Waals surface area contributed by atoms with Gasteiger partial charge in [-0.2, -0.15) is 0 Å². The van der Waals surface area contributed by atoms with E-state index in [1.54, 1.807) is 43.5 Å². The van der Waals surface area contributed by atoms with Crippen LogP contribution in [0.3, 0.4) is 0 Å². The molecule has 0 saturated carbocycles. The van der Waals surface area contributed by atoms with Crippen LogP contribution in [0.5, 0.6) is 17.2 Å². The average molecular weight is 462 g/mol. The zero-order chi connectivity index (χ0) is 23.2. The van der Waals surface area contributed by atoms with Crippen molar-refractivity contribution < 1.29 is 19.0 Å². The van der Waals surface area contributed by atoms with Crippen LogP contribution in [0.4, 0.5) is 5.69 Å². The minimum atomic E-state index is -0.259. The molecule has 33 heavy (non-hydrogen) atoms. The highest BCUT2D eigenvalue weighted by Crippen LogP contribution is 2.29. The van der Waals surface area contributed by atoms with E-state index in [1.165, 1.54) is 0 Å². The van der Waals surface area contributed by atoms with Crippen LogP contribution in [-0.4, -0.2) is 19.6 Å². The summed E-state index contributed by atoms with van der Waals surface area (Å²) in [5, 5.41) is 5.42. The van der Waals surface area contributed by atoms with Gasteiger partial charge in [0.25, 0.3) is 5.91 Å². The smallest absolute Gasteiger partial charge is 0.255 e. The van der Waals surface area contributed by atoms with E-state index in [0.717, 1.165) is 22.1 Å². The second kappa shape index (κ2) is 10.3. The molecule has 5 nitrogen and oxygen atoms in total. The fourth-order valence-electron chi connectivity index (χ4n) is 3.55. The lowest BCUT2D eigenvalue weighted by atomic mass is 10.1.